The van der Waals surface area contributed by atoms with Crippen LogP contribution in [0.15, 0.2) is 53.3 Å². The van der Waals surface area contributed by atoms with Crippen LogP contribution >= 0.6 is 0 Å². The maximum atomic E-state index is 14.0. The SMILES string of the molecule is Cc1occc1C(=O)NC[C@@H]1Cc2cc(F)cc(-c3ccccn3)c2O1. The van der Waals surface area contributed by atoms with Crippen LogP contribution in [0.1, 0.15) is 21.7 Å². The van der Waals surface area contributed by atoms with Gasteiger partial charge in [-0.25, -0.2) is 4.39 Å². The molecule has 0 fully saturated rings. The quantitative estimate of drug-likeness (QED) is 0.780. The van der Waals surface area contributed by atoms with Crippen LogP contribution in [0, 0.1) is 12.7 Å². The van der Waals surface area contributed by atoms with Gasteiger partial charge in [0.05, 0.1) is 24.1 Å². The van der Waals surface area contributed by atoms with Crippen molar-refractivity contribution in [1.29, 1.82) is 0 Å². The van der Waals surface area contributed by atoms with Crippen LogP contribution < -0.4 is 10.1 Å². The minimum atomic E-state index is -0.327. The summed E-state index contributed by atoms with van der Waals surface area (Å²) >= 11 is 0. The number of ether oxygens (including phenoxy) is 1. The van der Waals surface area contributed by atoms with Gasteiger partial charge in [-0.3, -0.25) is 9.78 Å². The number of hydrogen-bond acceptors (Lipinski definition) is 4. The Morgan fingerprint density at radius 1 is 1.35 bits per heavy atom. The van der Waals surface area contributed by atoms with Crippen molar-refractivity contribution in [1.82, 2.24) is 10.3 Å². The summed E-state index contributed by atoms with van der Waals surface area (Å²) in [7, 11) is 0. The highest BCUT2D eigenvalue weighted by atomic mass is 19.1. The molecule has 1 atom stereocenters. The smallest absolute Gasteiger partial charge is 0.254 e. The molecular weight excluding hydrogens is 335 g/mol. The first kappa shape index (κ1) is 16.3. The number of halogens is 1. The molecule has 3 aromatic rings. The van der Waals surface area contributed by atoms with Crippen molar-refractivity contribution < 1.29 is 18.3 Å². The molecule has 1 N–H and O–H groups in total. The molecule has 0 saturated carbocycles. The Labute approximate surface area is 149 Å². The third-order valence-electron chi connectivity index (χ3n) is 4.40. The minimum absolute atomic E-state index is 0.216. The first-order chi connectivity index (χ1) is 12.6. The number of carbonyl (C=O) groups is 1. The number of benzene rings is 1. The van der Waals surface area contributed by atoms with Gasteiger partial charge in [0.2, 0.25) is 0 Å². The van der Waals surface area contributed by atoms with E-state index in [1.54, 1.807) is 25.3 Å². The first-order valence-corrected chi connectivity index (χ1v) is 8.34. The van der Waals surface area contributed by atoms with Crippen molar-refractivity contribution in [2.24, 2.45) is 0 Å². The molecule has 0 spiro atoms. The molecular formula is C20H17FN2O3. The van der Waals surface area contributed by atoms with Gasteiger partial charge in [-0.2, -0.15) is 0 Å². The summed E-state index contributed by atoms with van der Waals surface area (Å²) in [5, 5.41) is 2.84. The predicted molar refractivity (Wildman–Crippen MR) is 93.5 cm³/mol. The zero-order valence-corrected chi connectivity index (χ0v) is 14.2. The summed E-state index contributed by atoms with van der Waals surface area (Å²) < 4.78 is 25.2. The maximum absolute atomic E-state index is 14.0. The van der Waals surface area contributed by atoms with Gasteiger partial charge in [0.15, 0.2) is 0 Å². The second-order valence-electron chi connectivity index (χ2n) is 6.20. The van der Waals surface area contributed by atoms with Gasteiger partial charge in [0, 0.05) is 23.7 Å². The van der Waals surface area contributed by atoms with E-state index in [4.69, 9.17) is 9.15 Å². The van der Waals surface area contributed by atoms with Gasteiger partial charge in [-0.1, -0.05) is 6.07 Å². The van der Waals surface area contributed by atoms with E-state index in [0.717, 1.165) is 5.56 Å². The molecule has 0 radical (unpaired) electrons. The number of furan rings is 1. The van der Waals surface area contributed by atoms with Gasteiger partial charge in [0.1, 0.15) is 23.4 Å². The van der Waals surface area contributed by atoms with E-state index < -0.39 is 0 Å². The number of aryl methyl sites for hydroxylation is 1. The van der Waals surface area contributed by atoms with E-state index in [2.05, 4.69) is 10.3 Å². The van der Waals surface area contributed by atoms with Crippen molar-refractivity contribution in [3.63, 3.8) is 0 Å². The van der Waals surface area contributed by atoms with Crippen LogP contribution in [0.5, 0.6) is 5.75 Å². The Morgan fingerprint density at radius 2 is 2.23 bits per heavy atom. The molecule has 1 aliphatic heterocycles. The van der Waals surface area contributed by atoms with Crippen molar-refractivity contribution >= 4 is 5.91 Å². The van der Waals surface area contributed by atoms with Crippen molar-refractivity contribution in [2.45, 2.75) is 19.4 Å². The number of nitrogens with one attached hydrogen (secondary N) is 1. The summed E-state index contributed by atoms with van der Waals surface area (Å²) in [5.74, 6) is 0.653. The second-order valence-corrected chi connectivity index (χ2v) is 6.20. The Balaban J connectivity index is 1.51. The van der Waals surface area contributed by atoms with Crippen LogP contribution in [-0.2, 0) is 6.42 Å². The Bertz CT molecular complexity index is 953. The standard InChI is InChI=1S/C20H17FN2O3/c1-12-16(5-7-25-12)20(24)23-11-15-9-13-8-14(21)10-17(19(13)26-15)18-4-2-3-6-22-18/h2-8,10,15H,9,11H2,1H3,(H,23,24)/t15-/m0/s1. The molecule has 3 heterocycles. The third-order valence-corrected chi connectivity index (χ3v) is 4.40. The van der Waals surface area contributed by atoms with Crippen LogP contribution in [0.3, 0.4) is 0 Å². The molecule has 26 heavy (non-hydrogen) atoms. The fourth-order valence-corrected chi connectivity index (χ4v) is 3.14. The molecule has 1 amide bonds. The average molecular weight is 352 g/mol. The summed E-state index contributed by atoms with van der Waals surface area (Å²) in [5.41, 5.74) is 2.56. The van der Waals surface area contributed by atoms with Gasteiger partial charge in [0.25, 0.3) is 5.91 Å². The number of nitrogens with zero attached hydrogens (tertiary/aromatic N) is 1. The zero-order valence-electron chi connectivity index (χ0n) is 14.2. The Kier molecular flexibility index (Phi) is 4.16. The average Bonchev–Trinajstić information content (AvgIpc) is 3.25. The number of carbonyl (C=O) groups excluding carboxylic acids is 1. The fraction of sp³-hybridized carbons (Fsp3) is 0.200. The predicted octanol–water partition coefficient (Wildman–Crippen LogP) is 3.52. The van der Waals surface area contributed by atoms with Gasteiger partial charge in [-0.05, 0) is 37.3 Å². The van der Waals surface area contributed by atoms with Crippen LogP contribution in [0.2, 0.25) is 0 Å². The number of amides is 1. The van der Waals surface area contributed by atoms with Crippen molar-refractivity contribution in [2.75, 3.05) is 6.54 Å². The molecule has 1 aliphatic rings. The molecule has 0 aliphatic carbocycles. The number of aromatic nitrogens is 1. The Hall–Kier alpha value is -3.15. The van der Waals surface area contributed by atoms with Gasteiger partial charge in [-0.15, -0.1) is 0 Å². The largest absolute Gasteiger partial charge is 0.487 e. The van der Waals surface area contributed by atoms with Gasteiger partial charge >= 0.3 is 0 Å². The lowest BCUT2D eigenvalue weighted by Gasteiger charge is -2.13. The van der Waals surface area contributed by atoms with E-state index >= 15 is 0 Å². The molecule has 2 aromatic heterocycles. The topological polar surface area (TPSA) is 64.4 Å². The first-order valence-electron chi connectivity index (χ1n) is 8.34. The van der Waals surface area contributed by atoms with E-state index in [1.165, 1.54) is 18.4 Å². The lowest BCUT2D eigenvalue weighted by atomic mass is 10.0. The molecule has 4 rings (SSSR count). The summed E-state index contributed by atoms with van der Waals surface area (Å²) in [6.45, 7) is 2.06. The van der Waals surface area contributed by atoms with Crippen LogP contribution in [-0.4, -0.2) is 23.5 Å². The molecule has 0 unspecified atom stereocenters. The monoisotopic (exact) mass is 352 g/mol. The number of rotatable bonds is 4. The summed E-state index contributed by atoms with van der Waals surface area (Å²) in [4.78, 5) is 16.5. The lowest BCUT2D eigenvalue weighted by molar-refractivity contribution is 0.0932. The fourth-order valence-electron chi connectivity index (χ4n) is 3.14. The van der Waals surface area contributed by atoms with E-state index in [1.807, 2.05) is 12.1 Å². The highest BCUT2D eigenvalue weighted by molar-refractivity contribution is 5.95. The zero-order chi connectivity index (χ0) is 18.1. The number of fused-ring (bicyclic) bond motifs is 1. The second kappa shape index (κ2) is 6.63. The van der Waals surface area contributed by atoms with Crippen LogP contribution in [0.25, 0.3) is 11.3 Å². The molecule has 5 nitrogen and oxygen atoms in total. The number of pyridine rings is 1. The maximum Gasteiger partial charge on any atom is 0.254 e. The molecule has 0 bridgehead atoms. The van der Waals surface area contributed by atoms with Crippen molar-refractivity contribution in [3.8, 4) is 17.0 Å². The molecule has 1 aromatic carbocycles. The molecule has 132 valence electrons. The third kappa shape index (κ3) is 3.06. The lowest BCUT2D eigenvalue weighted by Crippen LogP contribution is -2.34. The van der Waals surface area contributed by atoms with Crippen LogP contribution in [0.4, 0.5) is 4.39 Å². The minimum Gasteiger partial charge on any atom is -0.487 e. The highest BCUT2D eigenvalue weighted by Gasteiger charge is 2.28. The summed E-state index contributed by atoms with van der Waals surface area (Å²) in [6, 6.07) is 10.00. The van der Waals surface area contributed by atoms with Crippen molar-refractivity contribution in [3.05, 3.63) is 71.6 Å². The van der Waals surface area contributed by atoms with E-state index in [9.17, 15) is 9.18 Å². The summed E-state index contributed by atoms with van der Waals surface area (Å²) in [6.07, 6.45) is 3.41. The highest BCUT2D eigenvalue weighted by Crippen LogP contribution is 2.38. The molecule has 6 heteroatoms. The normalized spacial score (nSPS) is 15.4. The Morgan fingerprint density at radius 3 is 2.96 bits per heavy atom. The number of hydrogen-bond donors (Lipinski definition) is 1. The van der Waals surface area contributed by atoms with E-state index in [-0.39, 0.29) is 17.8 Å². The molecule has 0 saturated heterocycles. The van der Waals surface area contributed by atoms with Gasteiger partial charge < -0.3 is 14.5 Å². The van der Waals surface area contributed by atoms with E-state index in [0.29, 0.717) is 41.3 Å².